The van der Waals surface area contributed by atoms with Crippen molar-refractivity contribution in [3.63, 3.8) is 0 Å². The standard InChI is InChI=1S/C18H28O8S/c1-3-23-11-12-24-13-14-25-16-9-7-15(8-10-16)5-4-6-17(18(19)20)26-27(2,21)22/h7-10,17H,3-6,11-14H2,1-2H3,(H,19,20). The van der Waals surface area contributed by atoms with Crippen LogP contribution in [0.4, 0.5) is 0 Å². The normalized spacial score (nSPS) is 12.7. The van der Waals surface area contributed by atoms with Crippen LogP contribution in [-0.4, -0.2) is 64.9 Å². The second kappa shape index (κ2) is 12.7. The van der Waals surface area contributed by atoms with Crippen molar-refractivity contribution in [3.8, 4) is 5.75 Å². The van der Waals surface area contributed by atoms with Gasteiger partial charge in [0.25, 0.3) is 10.1 Å². The lowest BCUT2D eigenvalue weighted by molar-refractivity contribution is -0.145. The number of hydrogen-bond acceptors (Lipinski definition) is 7. The predicted octanol–water partition coefficient (Wildman–Crippen LogP) is 1.87. The molecule has 1 unspecified atom stereocenters. The van der Waals surface area contributed by atoms with Gasteiger partial charge in [-0.15, -0.1) is 0 Å². The maximum atomic E-state index is 11.1. The van der Waals surface area contributed by atoms with Gasteiger partial charge in [0, 0.05) is 6.61 Å². The predicted molar refractivity (Wildman–Crippen MR) is 99.5 cm³/mol. The lowest BCUT2D eigenvalue weighted by Crippen LogP contribution is -2.26. The van der Waals surface area contributed by atoms with Crippen LogP contribution in [-0.2, 0) is 35.0 Å². The van der Waals surface area contributed by atoms with Gasteiger partial charge in [-0.3, -0.25) is 4.18 Å². The zero-order chi connectivity index (χ0) is 20.1. The highest BCUT2D eigenvalue weighted by atomic mass is 32.2. The first-order chi connectivity index (χ1) is 12.8. The summed E-state index contributed by atoms with van der Waals surface area (Å²) in [5.41, 5.74) is 0.999. The Morgan fingerprint density at radius 3 is 2.30 bits per heavy atom. The van der Waals surface area contributed by atoms with Gasteiger partial charge in [-0.1, -0.05) is 12.1 Å². The number of carboxylic acid groups (broad SMARTS) is 1. The summed E-state index contributed by atoms with van der Waals surface area (Å²) in [7, 11) is -3.80. The highest BCUT2D eigenvalue weighted by molar-refractivity contribution is 7.86. The summed E-state index contributed by atoms with van der Waals surface area (Å²) < 4.78 is 42.8. The van der Waals surface area contributed by atoms with Gasteiger partial charge in [0.1, 0.15) is 12.4 Å². The third-order valence-corrected chi connectivity index (χ3v) is 4.08. The van der Waals surface area contributed by atoms with E-state index >= 15 is 0 Å². The van der Waals surface area contributed by atoms with E-state index < -0.39 is 22.2 Å². The Labute approximate surface area is 160 Å². The Morgan fingerprint density at radius 2 is 1.70 bits per heavy atom. The molecule has 0 heterocycles. The van der Waals surface area contributed by atoms with Gasteiger partial charge < -0.3 is 19.3 Å². The second-order valence-electron chi connectivity index (χ2n) is 5.82. The first-order valence-electron chi connectivity index (χ1n) is 8.80. The molecule has 9 heteroatoms. The van der Waals surface area contributed by atoms with Gasteiger partial charge >= 0.3 is 5.97 Å². The number of hydrogen-bond donors (Lipinski definition) is 1. The van der Waals surface area contributed by atoms with Crippen LogP contribution in [0, 0.1) is 0 Å². The summed E-state index contributed by atoms with van der Waals surface area (Å²) in [6, 6.07) is 7.44. The Hall–Kier alpha value is -1.68. The summed E-state index contributed by atoms with van der Waals surface area (Å²) >= 11 is 0. The fraction of sp³-hybridized carbons (Fsp3) is 0.611. The Kier molecular flexibility index (Phi) is 11.0. The average molecular weight is 404 g/mol. The smallest absolute Gasteiger partial charge is 0.334 e. The van der Waals surface area contributed by atoms with E-state index in [1.54, 1.807) is 0 Å². The van der Waals surface area contributed by atoms with Gasteiger partial charge in [0.05, 0.1) is 26.1 Å². The van der Waals surface area contributed by atoms with E-state index in [1.807, 2.05) is 31.2 Å². The lowest BCUT2D eigenvalue weighted by atomic mass is 10.1. The van der Waals surface area contributed by atoms with Crippen LogP contribution in [0.25, 0.3) is 0 Å². The van der Waals surface area contributed by atoms with E-state index in [1.165, 1.54) is 0 Å². The topological polar surface area (TPSA) is 108 Å². The van der Waals surface area contributed by atoms with Crippen molar-refractivity contribution >= 4 is 16.1 Å². The van der Waals surface area contributed by atoms with E-state index in [9.17, 15) is 13.2 Å². The van der Waals surface area contributed by atoms with Gasteiger partial charge in [0.2, 0.25) is 0 Å². The molecule has 0 spiro atoms. The van der Waals surface area contributed by atoms with Crippen molar-refractivity contribution in [1.29, 1.82) is 0 Å². The van der Waals surface area contributed by atoms with Crippen LogP contribution in [0.2, 0.25) is 0 Å². The quantitative estimate of drug-likeness (QED) is 0.349. The van der Waals surface area contributed by atoms with Gasteiger partial charge in [-0.05, 0) is 43.9 Å². The lowest BCUT2D eigenvalue weighted by Gasteiger charge is -2.12. The molecule has 0 saturated heterocycles. The molecule has 8 nitrogen and oxygen atoms in total. The third kappa shape index (κ3) is 11.6. The minimum Gasteiger partial charge on any atom is -0.491 e. The number of benzene rings is 1. The summed E-state index contributed by atoms with van der Waals surface area (Å²) in [5, 5.41) is 9.01. The van der Waals surface area contributed by atoms with Gasteiger partial charge in [0.15, 0.2) is 6.10 Å². The van der Waals surface area contributed by atoms with Gasteiger partial charge in [-0.25, -0.2) is 4.79 Å². The third-order valence-electron chi connectivity index (χ3n) is 3.49. The van der Waals surface area contributed by atoms with Crippen LogP contribution in [0.15, 0.2) is 24.3 Å². The Balaban J connectivity index is 2.28. The molecule has 1 aromatic rings. The number of ether oxygens (including phenoxy) is 3. The monoisotopic (exact) mass is 404 g/mol. The highest BCUT2D eigenvalue weighted by Crippen LogP contribution is 2.15. The molecule has 154 valence electrons. The van der Waals surface area contributed by atoms with E-state index in [-0.39, 0.29) is 6.42 Å². The van der Waals surface area contributed by atoms with Crippen LogP contribution >= 0.6 is 0 Å². The number of carboxylic acids is 1. The molecular weight excluding hydrogens is 376 g/mol. The minimum atomic E-state index is -3.80. The van der Waals surface area contributed by atoms with Crippen molar-refractivity contribution in [2.75, 3.05) is 39.3 Å². The maximum Gasteiger partial charge on any atom is 0.334 e. The molecule has 1 rings (SSSR count). The van der Waals surface area contributed by atoms with Crippen molar-refractivity contribution < 1.29 is 36.7 Å². The molecule has 0 aliphatic heterocycles. The van der Waals surface area contributed by atoms with Crippen LogP contribution in [0.1, 0.15) is 25.3 Å². The molecule has 0 radical (unpaired) electrons. The summed E-state index contributed by atoms with van der Waals surface area (Å²) in [4.78, 5) is 11.0. The van der Waals surface area contributed by atoms with Crippen molar-refractivity contribution in [1.82, 2.24) is 0 Å². The molecule has 1 aromatic carbocycles. The molecule has 0 aromatic heterocycles. The molecule has 0 saturated carbocycles. The van der Waals surface area contributed by atoms with Crippen LogP contribution in [0.5, 0.6) is 5.75 Å². The first-order valence-corrected chi connectivity index (χ1v) is 10.6. The van der Waals surface area contributed by atoms with Crippen molar-refractivity contribution in [3.05, 3.63) is 29.8 Å². The fourth-order valence-corrected chi connectivity index (χ4v) is 2.85. The van der Waals surface area contributed by atoms with Gasteiger partial charge in [-0.2, -0.15) is 8.42 Å². The summed E-state index contributed by atoms with van der Waals surface area (Å²) in [6.45, 7) is 4.63. The average Bonchev–Trinajstić information content (AvgIpc) is 2.60. The molecule has 1 N–H and O–H groups in total. The molecule has 0 fully saturated rings. The van der Waals surface area contributed by atoms with E-state index in [0.29, 0.717) is 45.9 Å². The van der Waals surface area contributed by atoms with Crippen LogP contribution < -0.4 is 4.74 Å². The molecule has 0 aliphatic rings. The SMILES string of the molecule is CCOCCOCCOc1ccc(CCCC(OS(C)(=O)=O)C(=O)O)cc1. The molecule has 0 aliphatic carbocycles. The summed E-state index contributed by atoms with van der Waals surface area (Å²) in [5.74, 6) is -0.566. The van der Waals surface area contributed by atoms with E-state index in [0.717, 1.165) is 17.6 Å². The zero-order valence-electron chi connectivity index (χ0n) is 15.8. The van der Waals surface area contributed by atoms with Crippen molar-refractivity contribution in [2.45, 2.75) is 32.3 Å². The highest BCUT2D eigenvalue weighted by Gasteiger charge is 2.22. The number of rotatable bonds is 15. The van der Waals surface area contributed by atoms with E-state index in [4.69, 9.17) is 19.3 Å². The molecule has 27 heavy (non-hydrogen) atoms. The number of aliphatic carboxylic acids is 1. The van der Waals surface area contributed by atoms with E-state index in [2.05, 4.69) is 4.18 Å². The zero-order valence-corrected chi connectivity index (χ0v) is 16.6. The first kappa shape index (κ1) is 23.4. The Bertz CT molecular complexity index is 642. The maximum absolute atomic E-state index is 11.1. The number of carbonyl (C=O) groups is 1. The van der Waals surface area contributed by atoms with Crippen molar-refractivity contribution in [2.24, 2.45) is 0 Å². The molecular formula is C18H28O8S. The molecule has 0 amide bonds. The second-order valence-corrected chi connectivity index (χ2v) is 7.42. The Morgan fingerprint density at radius 1 is 1.07 bits per heavy atom. The van der Waals surface area contributed by atoms with Crippen LogP contribution in [0.3, 0.4) is 0 Å². The largest absolute Gasteiger partial charge is 0.491 e. The summed E-state index contributed by atoms with van der Waals surface area (Å²) in [6.07, 6.45) is 0.689. The number of aryl methyl sites for hydroxylation is 1. The molecule has 1 atom stereocenters. The minimum absolute atomic E-state index is 0.111. The fourth-order valence-electron chi connectivity index (χ4n) is 2.25. The molecule has 0 bridgehead atoms.